The molecule has 0 aliphatic carbocycles. The molecule has 0 bridgehead atoms. The first kappa shape index (κ1) is 18.6. The first-order valence-corrected chi connectivity index (χ1v) is 10.4. The van der Waals surface area contributed by atoms with Crippen molar-refractivity contribution >= 4 is 55.3 Å². The van der Waals surface area contributed by atoms with Gasteiger partial charge in [-0.05, 0) is 54.0 Å². The molecule has 2 aliphatic heterocycles. The molecule has 0 spiro atoms. The SMILES string of the molecule is CN(C(=O)O)c1cc(F)cc2c1[nH]c1ncc(Br)c(N3CC4CCN(C)C4C3)c12. The van der Waals surface area contributed by atoms with Gasteiger partial charge in [-0.2, -0.15) is 0 Å². The molecule has 1 amide bonds. The summed E-state index contributed by atoms with van der Waals surface area (Å²) in [5.74, 6) is 0.135. The van der Waals surface area contributed by atoms with Gasteiger partial charge in [-0.15, -0.1) is 0 Å². The predicted molar refractivity (Wildman–Crippen MR) is 114 cm³/mol. The van der Waals surface area contributed by atoms with Gasteiger partial charge in [-0.25, -0.2) is 14.2 Å². The summed E-state index contributed by atoms with van der Waals surface area (Å²) in [6, 6.07) is 3.20. The van der Waals surface area contributed by atoms with E-state index in [-0.39, 0.29) is 5.69 Å². The average Bonchev–Trinajstić information content (AvgIpc) is 3.35. The number of aromatic amines is 1. The Labute approximate surface area is 175 Å². The average molecular weight is 462 g/mol. The maximum Gasteiger partial charge on any atom is 0.411 e. The number of likely N-dealkylation sites (N-methyl/N-ethyl adjacent to an activating group) is 1. The normalized spacial score (nSPS) is 22.0. The molecule has 2 atom stereocenters. The number of likely N-dealkylation sites (tertiary alicyclic amines) is 1. The van der Waals surface area contributed by atoms with Gasteiger partial charge in [0.05, 0.1) is 26.8 Å². The molecule has 3 aromatic rings. The second kappa shape index (κ2) is 6.56. The molecule has 7 nitrogen and oxygen atoms in total. The molecule has 2 unspecified atom stereocenters. The number of hydrogen-bond donors (Lipinski definition) is 2. The summed E-state index contributed by atoms with van der Waals surface area (Å²) in [7, 11) is 3.57. The molecule has 152 valence electrons. The van der Waals surface area contributed by atoms with E-state index in [0.717, 1.165) is 40.1 Å². The fraction of sp³-hybridized carbons (Fsp3) is 0.400. The predicted octanol–water partition coefficient (Wildman–Crippen LogP) is 3.87. The van der Waals surface area contributed by atoms with E-state index in [2.05, 4.69) is 42.7 Å². The summed E-state index contributed by atoms with van der Waals surface area (Å²) in [5.41, 5.74) is 2.44. The number of carbonyl (C=O) groups is 1. The van der Waals surface area contributed by atoms with E-state index < -0.39 is 11.9 Å². The van der Waals surface area contributed by atoms with Crippen LogP contribution >= 0.6 is 15.9 Å². The van der Waals surface area contributed by atoms with Crippen LogP contribution in [-0.4, -0.2) is 65.8 Å². The third-order valence-electron chi connectivity index (χ3n) is 6.39. The van der Waals surface area contributed by atoms with Gasteiger partial charge in [0, 0.05) is 37.8 Å². The van der Waals surface area contributed by atoms with Gasteiger partial charge in [0.1, 0.15) is 11.5 Å². The largest absolute Gasteiger partial charge is 0.465 e. The number of anilines is 2. The van der Waals surface area contributed by atoms with Crippen molar-refractivity contribution in [3.05, 3.63) is 28.6 Å². The van der Waals surface area contributed by atoms with Crippen LogP contribution in [-0.2, 0) is 0 Å². The Kier molecular flexibility index (Phi) is 4.22. The zero-order valence-electron chi connectivity index (χ0n) is 16.1. The molecule has 5 rings (SSSR count). The van der Waals surface area contributed by atoms with Crippen LogP contribution in [0.4, 0.5) is 20.6 Å². The first-order valence-electron chi connectivity index (χ1n) is 9.56. The third-order valence-corrected chi connectivity index (χ3v) is 6.97. The van der Waals surface area contributed by atoms with E-state index in [1.807, 2.05) is 0 Å². The van der Waals surface area contributed by atoms with E-state index >= 15 is 0 Å². The zero-order valence-corrected chi connectivity index (χ0v) is 17.7. The number of pyridine rings is 1. The maximum atomic E-state index is 14.5. The lowest BCUT2D eigenvalue weighted by atomic mass is 10.1. The van der Waals surface area contributed by atoms with Crippen LogP contribution in [0.2, 0.25) is 0 Å². The van der Waals surface area contributed by atoms with Crippen molar-refractivity contribution in [2.24, 2.45) is 5.92 Å². The van der Waals surface area contributed by atoms with Gasteiger partial charge >= 0.3 is 6.09 Å². The Balaban J connectivity index is 1.73. The highest BCUT2D eigenvalue weighted by Gasteiger charge is 2.40. The van der Waals surface area contributed by atoms with Crippen molar-refractivity contribution in [1.29, 1.82) is 0 Å². The molecule has 2 fully saturated rings. The van der Waals surface area contributed by atoms with Crippen LogP contribution in [0.1, 0.15) is 6.42 Å². The minimum Gasteiger partial charge on any atom is -0.465 e. The number of rotatable bonds is 2. The number of nitrogens with zero attached hydrogens (tertiary/aromatic N) is 4. The third kappa shape index (κ3) is 2.78. The summed E-state index contributed by atoms with van der Waals surface area (Å²) in [4.78, 5) is 25.0. The van der Waals surface area contributed by atoms with Crippen molar-refractivity contribution in [2.75, 3.05) is 43.5 Å². The van der Waals surface area contributed by atoms with E-state index in [0.29, 0.717) is 28.5 Å². The van der Waals surface area contributed by atoms with E-state index in [4.69, 9.17) is 0 Å². The summed E-state index contributed by atoms with van der Waals surface area (Å²) in [6.45, 7) is 2.97. The van der Waals surface area contributed by atoms with Crippen molar-refractivity contribution in [3.8, 4) is 0 Å². The lowest BCUT2D eigenvalue weighted by Crippen LogP contribution is -2.32. The van der Waals surface area contributed by atoms with Crippen molar-refractivity contribution in [1.82, 2.24) is 14.9 Å². The number of hydrogen-bond acceptors (Lipinski definition) is 4. The van der Waals surface area contributed by atoms with Gasteiger partial charge in [-0.1, -0.05) is 0 Å². The number of amides is 1. The first-order chi connectivity index (χ1) is 13.8. The fourth-order valence-electron chi connectivity index (χ4n) is 4.90. The Hall–Kier alpha value is -2.39. The van der Waals surface area contributed by atoms with Gasteiger partial charge in [0.2, 0.25) is 0 Å². The summed E-state index contributed by atoms with van der Waals surface area (Å²) in [6.07, 6.45) is 1.78. The number of carboxylic acid groups (broad SMARTS) is 1. The van der Waals surface area contributed by atoms with Crippen LogP contribution in [0.5, 0.6) is 0 Å². The highest BCUT2D eigenvalue weighted by atomic mass is 79.9. The number of H-pyrrole nitrogens is 1. The van der Waals surface area contributed by atoms with Crippen LogP contribution < -0.4 is 9.80 Å². The molecule has 0 radical (unpaired) electrons. The van der Waals surface area contributed by atoms with Crippen molar-refractivity contribution in [3.63, 3.8) is 0 Å². The summed E-state index contributed by atoms with van der Waals surface area (Å²) >= 11 is 3.65. The number of fused-ring (bicyclic) bond motifs is 4. The van der Waals surface area contributed by atoms with Crippen LogP contribution in [0.3, 0.4) is 0 Å². The summed E-state index contributed by atoms with van der Waals surface area (Å²) in [5, 5.41) is 10.9. The molecule has 2 saturated heterocycles. The quantitative estimate of drug-likeness (QED) is 0.605. The number of nitrogens with one attached hydrogen (secondary N) is 1. The Morgan fingerprint density at radius 3 is 2.93 bits per heavy atom. The number of halogens is 2. The topological polar surface area (TPSA) is 75.7 Å². The standard InChI is InChI=1S/C20H21BrFN5O2/c1-25-4-3-10-8-27(9-15(10)25)18-13(21)7-23-19-16(18)12-5-11(22)6-14(17(12)24-19)26(2)20(28)29/h5-7,10,15H,3-4,8-9H2,1-2H3,(H,23,24)(H,28,29). The highest BCUT2D eigenvalue weighted by Crippen LogP contribution is 2.43. The Morgan fingerprint density at radius 2 is 2.21 bits per heavy atom. The van der Waals surface area contributed by atoms with Crippen LogP contribution in [0.15, 0.2) is 22.8 Å². The molecule has 2 aromatic heterocycles. The number of benzene rings is 1. The van der Waals surface area contributed by atoms with E-state index in [1.165, 1.54) is 25.6 Å². The Bertz CT molecular complexity index is 1150. The van der Waals surface area contributed by atoms with Crippen molar-refractivity contribution < 1.29 is 14.3 Å². The van der Waals surface area contributed by atoms with Gasteiger partial charge in [0.15, 0.2) is 0 Å². The smallest absolute Gasteiger partial charge is 0.411 e. The maximum absolute atomic E-state index is 14.5. The van der Waals surface area contributed by atoms with Crippen LogP contribution in [0.25, 0.3) is 21.9 Å². The van der Waals surface area contributed by atoms with Crippen LogP contribution in [0, 0.1) is 11.7 Å². The minimum absolute atomic E-state index is 0.269. The molecular weight excluding hydrogens is 441 g/mol. The monoisotopic (exact) mass is 461 g/mol. The number of aromatic nitrogens is 2. The van der Waals surface area contributed by atoms with Crippen molar-refractivity contribution in [2.45, 2.75) is 12.5 Å². The molecule has 2 aliphatic rings. The highest BCUT2D eigenvalue weighted by molar-refractivity contribution is 9.10. The second-order valence-corrected chi connectivity index (χ2v) is 8.85. The summed E-state index contributed by atoms with van der Waals surface area (Å²) < 4.78 is 15.3. The molecular formula is C20H21BrFN5O2. The lowest BCUT2D eigenvalue weighted by Gasteiger charge is -2.24. The minimum atomic E-state index is -1.15. The van der Waals surface area contributed by atoms with Gasteiger partial charge in [-0.3, -0.25) is 4.90 Å². The molecule has 1 aromatic carbocycles. The molecule has 9 heteroatoms. The lowest BCUT2D eigenvalue weighted by molar-refractivity contribution is 0.203. The Morgan fingerprint density at radius 1 is 1.41 bits per heavy atom. The van der Waals surface area contributed by atoms with Gasteiger partial charge < -0.3 is 19.9 Å². The van der Waals surface area contributed by atoms with E-state index in [1.54, 1.807) is 6.20 Å². The van der Waals surface area contributed by atoms with Gasteiger partial charge in [0.25, 0.3) is 0 Å². The zero-order chi connectivity index (χ0) is 20.4. The second-order valence-electron chi connectivity index (χ2n) is 7.99. The molecule has 29 heavy (non-hydrogen) atoms. The molecule has 4 heterocycles. The molecule has 2 N–H and O–H groups in total. The molecule has 0 saturated carbocycles. The van der Waals surface area contributed by atoms with E-state index in [9.17, 15) is 14.3 Å². The fourth-order valence-corrected chi connectivity index (χ4v) is 5.45.